The van der Waals surface area contributed by atoms with Gasteiger partial charge in [0.2, 0.25) is 5.91 Å². The van der Waals surface area contributed by atoms with Crippen LogP contribution in [0.25, 0.3) is 0 Å². The number of rotatable bonds is 4. The van der Waals surface area contributed by atoms with E-state index in [1.165, 1.54) is 0 Å². The molecule has 1 rings (SSSR count). The molecule has 2 amide bonds. The van der Waals surface area contributed by atoms with E-state index < -0.39 is 11.6 Å². The molecule has 6 heteroatoms. The number of nitrogens with zero attached hydrogens (tertiary/aromatic N) is 1. The molecule has 1 aliphatic rings. The van der Waals surface area contributed by atoms with Gasteiger partial charge in [0.05, 0.1) is 12.1 Å². The normalized spacial score (nSPS) is 20.5. The molecule has 21 heavy (non-hydrogen) atoms. The van der Waals surface area contributed by atoms with Crippen LogP contribution < -0.4 is 11.1 Å². The van der Waals surface area contributed by atoms with Crippen molar-refractivity contribution >= 4 is 12.0 Å². The van der Waals surface area contributed by atoms with Crippen LogP contribution in [0.5, 0.6) is 0 Å². The van der Waals surface area contributed by atoms with Gasteiger partial charge < -0.3 is 20.7 Å². The fourth-order valence-corrected chi connectivity index (χ4v) is 2.25. The molecule has 0 bridgehead atoms. The van der Waals surface area contributed by atoms with E-state index in [1.807, 2.05) is 34.6 Å². The molecule has 0 radical (unpaired) electrons. The number of hydrogen-bond acceptors (Lipinski definition) is 4. The molecule has 0 aliphatic carbocycles. The highest BCUT2D eigenvalue weighted by Gasteiger charge is 2.32. The first-order valence-corrected chi connectivity index (χ1v) is 7.64. The average molecular weight is 299 g/mol. The Hall–Kier alpha value is -1.30. The van der Waals surface area contributed by atoms with Crippen molar-refractivity contribution in [2.75, 3.05) is 13.1 Å². The summed E-state index contributed by atoms with van der Waals surface area (Å²) in [6.45, 7) is 10.5. The van der Waals surface area contributed by atoms with Crippen molar-refractivity contribution < 1.29 is 14.3 Å². The molecule has 0 saturated carbocycles. The minimum atomic E-state index is -0.513. The van der Waals surface area contributed by atoms with E-state index in [9.17, 15) is 9.59 Å². The topological polar surface area (TPSA) is 84.7 Å². The van der Waals surface area contributed by atoms with Crippen molar-refractivity contribution in [2.24, 2.45) is 11.7 Å². The van der Waals surface area contributed by atoms with E-state index >= 15 is 0 Å². The van der Waals surface area contributed by atoms with Gasteiger partial charge in [0.1, 0.15) is 5.60 Å². The van der Waals surface area contributed by atoms with Gasteiger partial charge in [-0.2, -0.15) is 0 Å². The lowest BCUT2D eigenvalue weighted by molar-refractivity contribution is -0.123. The van der Waals surface area contributed by atoms with E-state index in [-0.39, 0.29) is 24.0 Å². The Morgan fingerprint density at radius 2 is 2.00 bits per heavy atom. The maximum atomic E-state index is 12.1. The van der Waals surface area contributed by atoms with Gasteiger partial charge in [-0.05, 0) is 39.5 Å². The molecule has 1 aliphatic heterocycles. The molecule has 0 aromatic carbocycles. The highest BCUT2D eigenvalue weighted by atomic mass is 16.6. The third kappa shape index (κ3) is 5.53. The van der Waals surface area contributed by atoms with Gasteiger partial charge in [-0.25, -0.2) is 4.79 Å². The Morgan fingerprint density at radius 1 is 1.38 bits per heavy atom. The minimum absolute atomic E-state index is 0.0110. The molecule has 1 fully saturated rings. The van der Waals surface area contributed by atoms with Gasteiger partial charge in [0, 0.05) is 13.1 Å². The lowest BCUT2D eigenvalue weighted by Gasteiger charge is -2.29. The second kappa shape index (κ2) is 7.11. The largest absolute Gasteiger partial charge is 0.444 e. The first kappa shape index (κ1) is 17.8. The second-order valence-electron chi connectivity index (χ2n) is 6.98. The summed E-state index contributed by atoms with van der Waals surface area (Å²) in [6, 6.07) is -0.524. The Kier molecular flexibility index (Phi) is 6.01. The van der Waals surface area contributed by atoms with E-state index in [0.717, 1.165) is 12.8 Å². The summed E-state index contributed by atoms with van der Waals surface area (Å²) in [7, 11) is 0. The number of likely N-dealkylation sites (tertiary alicyclic amines) is 1. The van der Waals surface area contributed by atoms with Crippen molar-refractivity contribution in [1.29, 1.82) is 0 Å². The van der Waals surface area contributed by atoms with Crippen molar-refractivity contribution in [3.05, 3.63) is 0 Å². The Morgan fingerprint density at radius 3 is 2.52 bits per heavy atom. The molecule has 1 heterocycles. The van der Waals surface area contributed by atoms with Crippen LogP contribution in [-0.2, 0) is 9.53 Å². The Balaban J connectivity index is 2.51. The molecule has 122 valence electrons. The average Bonchev–Trinajstić information content (AvgIpc) is 2.81. The summed E-state index contributed by atoms with van der Waals surface area (Å²) in [5.41, 5.74) is 5.30. The van der Waals surface area contributed by atoms with Crippen molar-refractivity contribution in [3.8, 4) is 0 Å². The van der Waals surface area contributed by atoms with Crippen LogP contribution in [0, 0.1) is 5.92 Å². The number of carbonyl (C=O) groups is 2. The number of ether oxygens (including phenoxy) is 1. The van der Waals surface area contributed by atoms with Crippen LogP contribution in [0.3, 0.4) is 0 Å². The molecular formula is C15H29N3O3. The Bertz CT molecular complexity index is 377. The molecule has 0 unspecified atom stereocenters. The lowest BCUT2D eigenvalue weighted by Crippen LogP contribution is -2.49. The molecule has 6 nitrogen and oxygen atoms in total. The number of amides is 2. The zero-order valence-corrected chi connectivity index (χ0v) is 13.8. The summed E-state index contributed by atoms with van der Waals surface area (Å²) in [5, 5.41) is 2.84. The minimum Gasteiger partial charge on any atom is -0.444 e. The summed E-state index contributed by atoms with van der Waals surface area (Å²) in [6.07, 6.45) is 1.49. The maximum absolute atomic E-state index is 12.1. The zero-order chi connectivity index (χ0) is 16.2. The van der Waals surface area contributed by atoms with Crippen LogP contribution in [0.4, 0.5) is 4.79 Å². The first-order valence-electron chi connectivity index (χ1n) is 7.64. The molecular weight excluding hydrogens is 270 g/mol. The third-order valence-corrected chi connectivity index (χ3v) is 3.54. The number of carbonyl (C=O) groups excluding carboxylic acids is 2. The highest BCUT2D eigenvalue weighted by molar-refractivity contribution is 5.81. The van der Waals surface area contributed by atoms with Crippen molar-refractivity contribution in [3.63, 3.8) is 0 Å². The zero-order valence-electron chi connectivity index (χ0n) is 13.8. The SMILES string of the molecule is CC(C)[C@H](N)C(=O)NC[C@H]1CCCN1C(=O)OC(C)(C)C. The van der Waals surface area contributed by atoms with Gasteiger partial charge in [-0.1, -0.05) is 13.8 Å². The number of hydrogen-bond donors (Lipinski definition) is 2. The van der Waals surface area contributed by atoms with Gasteiger partial charge in [0.15, 0.2) is 0 Å². The predicted octanol–water partition coefficient (Wildman–Crippen LogP) is 1.49. The van der Waals surface area contributed by atoms with E-state index in [2.05, 4.69) is 5.32 Å². The summed E-state index contributed by atoms with van der Waals surface area (Å²) in [4.78, 5) is 25.7. The van der Waals surface area contributed by atoms with E-state index in [4.69, 9.17) is 10.5 Å². The summed E-state index contributed by atoms with van der Waals surface area (Å²) >= 11 is 0. The quantitative estimate of drug-likeness (QED) is 0.823. The fourth-order valence-electron chi connectivity index (χ4n) is 2.25. The van der Waals surface area contributed by atoms with Crippen LogP contribution >= 0.6 is 0 Å². The molecule has 3 N–H and O–H groups in total. The predicted molar refractivity (Wildman–Crippen MR) is 81.8 cm³/mol. The summed E-state index contributed by atoms with van der Waals surface area (Å²) < 4.78 is 5.39. The monoisotopic (exact) mass is 299 g/mol. The third-order valence-electron chi connectivity index (χ3n) is 3.54. The molecule has 1 saturated heterocycles. The van der Waals surface area contributed by atoms with Gasteiger partial charge in [-0.15, -0.1) is 0 Å². The molecule has 0 aromatic heterocycles. The van der Waals surface area contributed by atoms with Gasteiger partial charge in [-0.3, -0.25) is 4.79 Å². The second-order valence-corrected chi connectivity index (χ2v) is 6.98. The fraction of sp³-hybridized carbons (Fsp3) is 0.867. The van der Waals surface area contributed by atoms with Crippen LogP contribution in [0.2, 0.25) is 0 Å². The van der Waals surface area contributed by atoms with Crippen molar-refractivity contribution in [2.45, 2.75) is 65.1 Å². The van der Waals surface area contributed by atoms with Crippen LogP contribution in [0.15, 0.2) is 0 Å². The molecule has 0 aromatic rings. The summed E-state index contributed by atoms with van der Waals surface area (Å²) in [5.74, 6) is -0.0726. The standard InChI is InChI=1S/C15H29N3O3/c1-10(2)12(16)13(19)17-9-11-7-6-8-18(11)14(20)21-15(3,4)5/h10-12H,6-9,16H2,1-5H3,(H,17,19)/t11-,12+/m1/s1. The van der Waals surface area contributed by atoms with Crippen LogP contribution in [0.1, 0.15) is 47.5 Å². The Labute approximate surface area is 127 Å². The molecule has 0 spiro atoms. The molecule has 2 atom stereocenters. The van der Waals surface area contributed by atoms with Crippen LogP contribution in [-0.4, -0.2) is 47.7 Å². The van der Waals surface area contributed by atoms with Gasteiger partial charge >= 0.3 is 6.09 Å². The van der Waals surface area contributed by atoms with E-state index in [0.29, 0.717) is 13.1 Å². The lowest BCUT2D eigenvalue weighted by atomic mass is 10.0. The maximum Gasteiger partial charge on any atom is 0.410 e. The number of nitrogens with one attached hydrogen (secondary N) is 1. The van der Waals surface area contributed by atoms with Gasteiger partial charge in [0.25, 0.3) is 0 Å². The number of nitrogens with two attached hydrogens (primary N) is 1. The smallest absolute Gasteiger partial charge is 0.410 e. The van der Waals surface area contributed by atoms with Crippen molar-refractivity contribution in [1.82, 2.24) is 10.2 Å². The first-order chi connectivity index (χ1) is 9.61. The highest BCUT2D eigenvalue weighted by Crippen LogP contribution is 2.20. The van der Waals surface area contributed by atoms with E-state index in [1.54, 1.807) is 4.90 Å².